The fourth-order valence-corrected chi connectivity index (χ4v) is 2.59. The Morgan fingerprint density at radius 2 is 2.00 bits per heavy atom. The van der Waals surface area contributed by atoms with Gasteiger partial charge in [0.05, 0.1) is 5.01 Å². The van der Waals surface area contributed by atoms with Gasteiger partial charge in [0, 0.05) is 49.4 Å². The molecule has 1 heterocycles. The number of aromatic nitrogens is 1. The van der Waals surface area contributed by atoms with Gasteiger partial charge in [-0.05, 0) is 31.2 Å². The maximum Gasteiger partial charge on any atom is 0.251 e. The van der Waals surface area contributed by atoms with E-state index in [2.05, 4.69) is 10.3 Å². The molecule has 0 atom stereocenters. The maximum atomic E-state index is 12.0. The number of thiazole rings is 1. The fourth-order valence-electron chi connectivity index (χ4n) is 1.81. The van der Waals surface area contributed by atoms with Gasteiger partial charge in [-0.1, -0.05) is 0 Å². The van der Waals surface area contributed by atoms with E-state index in [1.807, 2.05) is 55.6 Å². The first-order chi connectivity index (χ1) is 9.56. The third kappa shape index (κ3) is 3.81. The lowest BCUT2D eigenvalue weighted by Crippen LogP contribution is -2.25. The number of nitrogens with one attached hydrogen (secondary N) is 1. The zero-order valence-electron chi connectivity index (χ0n) is 12.0. The topological polar surface area (TPSA) is 45.2 Å². The van der Waals surface area contributed by atoms with E-state index in [1.165, 1.54) is 0 Å². The lowest BCUT2D eigenvalue weighted by atomic mass is 10.2. The van der Waals surface area contributed by atoms with E-state index in [0.29, 0.717) is 12.1 Å². The third-order valence-electron chi connectivity index (χ3n) is 2.94. The Morgan fingerprint density at radius 1 is 1.30 bits per heavy atom. The molecule has 0 saturated heterocycles. The van der Waals surface area contributed by atoms with Crippen molar-refractivity contribution in [3.8, 4) is 0 Å². The van der Waals surface area contributed by atoms with Crippen molar-refractivity contribution in [2.75, 3.05) is 25.5 Å². The van der Waals surface area contributed by atoms with E-state index >= 15 is 0 Å². The smallest absolute Gasteiger partial charge is 0.251 e. The number of carbonyl (C=O) groups excluding carboxylic acids is 1. The van der Waals surface area contributed by atoms with Crippen LogP contribution in [0.1, 0.15) is 21.1 Å². The van der Waals surface area contributed by atoms with Crippen LogP contribution in [0.5, 0.6) is 0 Å². The van der Waals surface area contributed by atoms with Gasteiger partial charge in [-0.3, -0.25) is 4.79 Å². The Balaban J connectivity index is 1.85. The summed E-state index contributed by atoms with van der Waals surface area (Å²) in [6.07, 6.45) is 0.778. The molecule has 0 aliphatic rings. The highest BCUT2D eigenvalue weighted by atomic mass is 32.1. The number of carbonyl (C=O) groups is 1. The van der Waals surface area contributed by atoms with Gasteiger partial charge in [0.15, 0.2) is 0 Å². The molecule has 4 nitrogen and oxygen atoms in total. The van der Waals surface area contributed by atoms with Crippen molar-refractivity contribution in [1.29, 1.82) is 0 Å². The molecular weight excluding hydrogens is 270 g/mol. The molecule has 0 radical (unpaired) electrons. The molecular formula is C15H19N3OS. The second kappa shape index (κ2) is 6.52. The zero-order valence-corrected chi connectivity index (χ0v) is 12.8. The Bertz CT molecular complexity index is 575. The van der Waals surface area contributed by atoms with E-state index in [-0.39, 0.29) is 5.91 Å². The van der Waals surface area contributed by atoms with Gasteiger partial charge in [0.2, 0.25) is 0 Å². The maximum absolute atomic E-state index is 12.0. The van der Waals surface area contributed by atoms with Gasteiger partial charge >= 0.3 is 0 Å². The average Bonchev–Trinajstić information content (AvgIpc) is 2.84. The van der Waals surface area contributed by atoms with Gasteiger partial charge in [0.25, 0.3) is 5.91 Å². The SMILES string of the molecule is Cc1csc(CCNC(=O)c2ccc(N(C)C)cc2)n1. The first-order valence-corrected chi connectivity index (χ1v) is 7.41. The summed E-state index contributed by atoms with van der Waals surface area (Å²) in [6.45, 7) is 2.59. The molecule has 2 aromatic rings. The minimum absolute atomic E-state index is 0.0383. The lowest BCUT2D eigenvalue weighted by Gasteiger charge is -2.12. The van der Waals surface area contributed by atoms with Crippen LogP contribution in [0, 0.1) is 6.92 Å². The number of nitrogens with zero attached hydrogens (tertiary/aromatic N) is 2. The minimum Gasteiger partial charge on any atom is -0.378 e. The molecule has 0 aliphatic carbocycles. The van der Waals surface area contributed by atoms with Gasteiger partial charge in [-0.2, -0.15) is 0 Å². The van der Waals surface area contributed by atoms with Crippen molar-refractivity contribution in [3.05, 3.63) is 45.9 Å². The molecule has 1 N–H and O–H groups in total. The Labute approximate surface area is 123 Å². The van der Waals surface area contributed by atoms with E-state index < -0.39 is 0 Å². The Hall–Kier alpha value is -1.88. The van der Waals surface area contributed by atoms with E-state index in [1.54, 1.807) is 11.3 Å². The molecule has 0 saturated carbocycles. The van der Waals surface area contributed by atoms with Gasteiger partial charge in [0.1, 0.15) is 0 Å². The number of hydrogen-bond donors (Lipinski definition) is 1. The molecule has 0 spiro atoms. The van der Waals surface area contributed by atoms with Crippen LogP contribution in [0.25, 0.3) is 0 Å². The van der Waals surface area contributed by atoms with E-state index in [0.717, 1.165) is 22.8 Å². The monoisotopic (exact) mass is 289 g/mol. The van der Waals surface area contributed by atoms with Gasteiger partial charge in [-0.15, -0.1) is 11.3 Å². The van der Waals surface area contributed by atoms with Crippen LogP contribution >= 0.6 is 11.3 Å². The second-order valence-electron chi connectivity index (χ2n) is 4.83. The summed E-state index contributed by atoms with van der Waals surface area (Å²) in [5, 5.41) is 6.01. The van der Waals surface area contributed by atoms with Gasteiger partial charge in [-0.25, -0.2) is 4.98 Å². The molecule has 0 unspecified atom stereocenters. The first kappa shape index (κ1) is 14.5. The van der Waals surface area contributed by atoms with Gasteiger partial charge < -0.3 is 10.2 Å². The minimum atomic E-state index is -0.0383. The van der Waals surface area contributed by atoms with Crippen LogP contribution in [0.15, 0.2) is 29.6 Å². The van der Waals surface area contributed by atoms with Crippen LogP contribution in [-0.2, 0) is 6.42 Å². The molecule has 1 aromatic heterocycles. The lowest BCUT2D eigenvalue weighted by molar-refractivity contribution is 0.0954. The van der Waals surface area contributed by atoms with Crippen LogP contribution < -0.4 is 10.2 Å². The summed E-state index contributed by atoms with van der Waals surface area (Å²) < 4.78 is 0. The van der Waals surface area contributed by atoms with Crippen molar-refractivity contribution >= 4 is 22.9 Å². The summed E-state index contributed by atoms with van der Waals surface area (Å²) in [5.41, 5.74) is 2.81. The summed E-state index contributed by atoms with van der Waals surface area (Å²) >= 11 is 1.63. The summed E-state index contributed by atoms with van der Waals surface area (Å²) in [5.74, 6) is -0.0383. The van der Waals surface area contributed by atoms with Crippen molar-refractivity contribution < 1.29 is 4.79 Å². The number of aryl methyl sites for hydroxylation is 1. The van der Waals surface area contributed by atoms with Crippen molar-refractivity contribution in [2.24, 2.45) is 0 Å². The molecule has 5 heteroatoms. The number of hydrogen-bond acceptors (Lipinski definition) is 4. The predicted octanol–water partition coefficient (Wildman–Crippen LogP) is 2.49. The molecule has 20 heavy (non-hydrogen) atoms. The van der Waals surface area contributed by atoms with Crippen LogP contribution in [0.2, 0.25) is 0 Å². The molecule has 0 fully saturated rings. The fraction of sp³-hybridized carbons (Fsp3) is 0.333. The van der Waals surface area contributed by atoms with Crippen molar-refractivity contribution in [2.45, 2.75) is 13.3 Å². The molecule has 0 bridgehead atoms. The number of rotatable bonds is 5. The number of anilines is 1. The van der Waals surface area contributed by atoms with Crippen LogP contribution in [0.4, 0.5) is 5.69 Å². The normalized spacial score (nSPS) is 10.3. The molecule has 1 amide bonds. The van der Waals surface area contributed by atoms with Crippen molar-refractivity contribution in [1.82, 2.24) is 10.3 Å². The molecule has 106 valence electrons. The zero-order chi connectivity index (χ0) is 14.5. The Kier molecular flexibility index (Phi) is 4.74. The second-order valence-corrected chi connectivity index (χ2v) is 5.77. The standard InChI is InChI=1S/C15H19N3OS/c1-11-10-20-14(17-11)8-9-16-15(19)12-4-6-13(7-5-12)18(2)3/h4-7,10H,8-9H2,1-3H3,(H,16,19). The van der Waals surface area contributed by atoms with E-state index in [9.17, 15) is 4.79 Å². The number of benzene rings is 1. The largest absolute Gasteiger partial charge is 0.378 e. The molecule has 2 rings (SSSR count). The van der Waals surface area contributed by atoms with E-state index in [4.69, 9.17) is 0 Å². The number of amides is 1. The summed E-state index contributed by atoms with van der Waals surface area (Å²) in [4.78, 5) is 18.4. The molecule has 0 aliphatic heterocycles. The highest BCUT2D eigenvalue weighted by molar-refractivity contribution is 7.09. The molecule has 1 aromatic carbocycles. The highest BCUT2D eigenvalue weighted by Crippen LogP contribution is 2.12. The van der Waals surface area contributed by atoms with Crippen molar-refractivity contribution in [3.63, 3.8) is 0 Å². The quantitative estimate of drug-likeness (QED) is 0.920. The highest BCUT2D eigenvalue weighted by Gasteiger charge is 2.06. The predicted molar refractivity (Wildman–Crippen MR) is 83.7 cm³/mol. The summed E-state index contributed by atoms with van der Waals surface area (Å²) in [6, 6.07) is 7.58. The summed E-state index contributed by atoms with van der Waals surface area (Å²) in [7, 11) is 3.95. The Morgan fingerprint density at radius 3 is 2.55 bits per heavy atom. The first-order valence-electron chi connectivity index (χ1n) is 6.53. The van der Waals surface area contributed by atoms with Crippen LogP contribution in [0.3, 0.4) is 0 Å². The van der Waals surface area contributed by atoms with Crippen LogP contribution in [-0.4, -0.2) is 31.5 Å². The average molecular weight is 289 g/mol. The third-order valence-corrected chi connectivity index (χ3v) is 3.96.